The summed E-state index contributed by atoms with van der Waals surface area (Å²) in [6, 6.07) is 0. The molecule has 0 radical (unpaired) electrons. The Labute approximate surface area is 51.4 Å². The van der Waals surface area contributed by atoms with Crippen molar-refractivity contribution in [2.75, 3.05) is 0 Å². The summed E-state index contributed by atoms with van der Waals surface area (Å²) in [7, 11) is 0. The van der Waals surface area contributed by atoms with Gasteiger partial charge in [-0.2, -0.15) is 13.2 Å². The van der Waals surface area contributed by atoms with Crippen molar-refractivity contribution in [1.29, 1.82) is 0 Å². The highest BCUT2D eigenvalue weighted by Gasteiger charge is 2.22. The molecular weight excluding hydrogens is 161 g/mol. The zero-order valence-corrected chi connectivity index (χ0v) is 4.25. The van der Waals surface area contributed by atoms with Gasteiger partial charge in [-0.25, -0.2) is 0 Å². The average Bonchev–Trinajstić information content (AvgIpc) is 1.84. The van der Waals surface area contributed by atoms with Gasteiger partial charge in [0.1, 0.15) is 0 Å². The van der Waals surface area contributed by atoms with Gasteiger partial charge in [0, 0.05) is 5.34 Å². The van der Waals surface area contributed by atoms with E-state index in [1.807, 2.05) is 0 Å². The second-order valence-electron chi connectivity index (χ2n) is 1.11. The van der Waals surface area contributed by atoms with Gasteiger partial charge in [-0.3, -0.25) is 4.79 Å². The van der Waals surface area contributed by atoms with Crippen LogP contribution < -0.4 is 0 Å². The number of amides is 1. The van der Waals surface area contributed by atoms with Crippen molar-refractivity contribution in [3.8, 4) is 0 Å². The lowest BCUT2D eigenvalue weighted by atomic mass is 10.5. The van der Waals surface area contributed by atoms with Crippen LogP contribution in [-0.4, -0.2) is 11.3 Å². The lowest BCUT2D eigenvalue weighted by Gasteiger charge is -1.94. The molecule has 0 aliphatic carbocycles. The van der Waals surface area contributed by atoms with Crippen molar-refractivity contribution >= 4 is 5.91 Å². The third-order valence-corrected chi connectivity index (χ3v) is 0.507. The zero-order chi connectivity index (χ0) is 8.31. The van der Waals surface area contributed by atoms with Crippen LogP contribution in [0.5, 0.6) is 0 Å². The van der Waals surface area contributed by atoms with E-state index in [9.17, 15) is 26.9 Å². The maximum atomic E-state index is 11.4. The molecule has 0 atom stereocenters. The summed E-state index contributed by atoms with van der Waals surface area (Å²) in [5, 5.41) is -2.27. The molecule has 0 aliphatic rings. The molecule has 0 aromatic carbocycles. The van der Waals surface area contributed by atoms with Crippen LogP contribution >= 0.6 is 0 Å². The molecule has 0 aromatic heterocycles. The van der Waals surface area contributed by atoms with Crippen LogP contribution in [0.1, 0.15) is 0 Å². The average molecular weight is 161 g/mol. The van der Waals surface area contributed by atoms with Crippen molar-refractivity contribution < 1.29 is 26.9 Å². The second kappa shape index (κ2) is 3.14. The van der Waals surface area contributed by atoms with Crippen molar-refractivity contribution in [1.82, 2.24) is 5.34 Å². The Kier molecular flexibility index (Phi) is 2.78. The number of halogens is 5. The first-order valence-corrected chi connectivity index (χ1v) is 1.83. The smallest absolute Gasteiger partial charge is 0.261 e. The van der Waals surface area contributed by atoms with E-state index in [2.05, 4.69) is 0 Å². The summed E-state index contributed by atoms with van der Waals surface area (Å²) in [5.41, 5.74) is 0. The van der Waals surface area contributed by atoms with Gasteiger partial charge in [-0.05, 0) is 0 Å². The van der Waals surface area contributed by atoms with Gasteiger partial charge in [0.25, 0.3) is 5.83 Å². The molecule has 1 amide bonds. The molecule has 7 heteroatoms. The molecule has 0 N–H and O–H groups in total. The van der Waals surface area contributed by atoms with Crippen LogP contribution in [0.15, 0.2) is 11.9 Å². The van der Waals surface area contributed by atoms with Gasteiger partial charge in [-0.15, -0.1) is 0 Å². The van der Waals surface area contributed by atoms with Gasteiger partial charge in [0.05, 0.1) is 0 Å². The van der Waals surface area contributed by atoms with E-state index >= 15 is 0 Å². The highest BCUT2D eigenvalue weighted by atomic mass is 19.4. The predicted molar refractivity (Wildman–Crippen MR) is 19.4 cm³/mol. The van der Waals surface area contributed by atoms with Crippen LogP contribution in [0.25, 0.3) is 0 Å². The molecule has 0 heterocycles. The monoisotopic (exact) mass is 161 g/mol. The van der Waals surface area contributed by atoms with Crippen LogP contribution in [-0.2, 0) is 4.79 Å². The van der Waals surface area contributed by atoms with Crippen molar-refractivity contribution in [3.63, 3.8) is 0 Å². The van der Waals surface area contributed by atoms with E-state index in [0.29, 0.717) is 0 Å². The topological polar surface area (TPSA) is 20.3 Å². The van der Waals surface area contributed by atoms with E-state index in [1.54, 1.807) is 0 Å². The number of hydrogen-bond donors (Lipinski definition) is 0. The summed E-state index contributed by atoms with van der Waals surface area (Å²) < 4.78 is 55.2. The first-order valence-electron chi connectivity index (χ1n) is 1.83. The minimum Gasteiger partial charge on any atom is -0.261 e. The lowest BCUT2D eigenvalue weighted by Crippen LogP contribution is -2.13. The summed E-state index contributed by atoms with van der Waals surface area (Å²) in [5.74, 6) is -5.40. The highest BCUT2D eigenvalue weighted by Crippen LogP contribution is 2.12. The molecule has 0 fully saturated rings. The van der Waals surface area contributed by atoms with Gasteiger partial charge in [-0.1, -0.05) is 8.96 Å². The Hall–Kier alpha value is -1.14. The van der Waals surface area contributed by atoms with Crippen LogP contribution in [0.3, 0.4) is 0 Å². The van der Waals surface area contributed by atoms with Crippen molar-refractivity contribution in [3.05, 3.63) is 11.9 Å². The molecule has 0 saturated carbocycles. The maximum absolute atomic E-state index is 11.4. The van der Waals surface area contributed by atoms with E-state index < -0.39 is 23.2 Å². The first-order chi connectivity index (χ1) is 4.46. The SMILES string of the molecule is O=C(C(F)=C(F)F)N(F)F. The number of carbonyl (C=O) groups is 1. The Morgan fingerprint density at radius 2 is 1.50 bits per heavy atom. The Bertz CT molecular complexity index is 172. The molecule has 0 unspecified atom stereocenters. The van der Waals surface area contributed by atoms with Gasteiger partial charge in [0.2, 0.25) is 0 Å². The van der Waals surface area contributed by atoms with Gasteiger partial charge in [0.15, 0.2) is 0 Å². The molecule has 0 aromatic rings. The maximum Gasteiger partial charge on any atom is 0.348 e. The molecule has 0 aliphatic heterocycles. The Morgan fingerprint density at radius 1 is 1.10 bits per heavy atom. The van der Waals surface area contributed by atoms with Crippen molar-refractivity contribution in [2.45, 2.75) is 0 Å². The Balaban J connectivity index is 4.38. The quantitative estimate of drug-likeness (QED) is 0.325. The highest BCUT2D eigenvalue weighted by molar-refractivity contribution is 5.89. The minimum absolute atomic E-state index is 2.27. The summed E-state index contributed by atoms with van der Waals surface area (Å²) >= 11 is 0. The molecule has 0 spiro atoms. The third kappa shape index (κ3) is 2.00. The van der Waals surface area contributed by atoms with E-state index in [4.69, 9.17) is 0 Å². The van der Waals surface area contributed by atoms with E-state index in [1.165, 1.54) is 0 Å². The first kappa shape index (κ1) is 8.86. The molecular formula is C3F5NO. The summed E-state index contributed by atoms with van der Waals surface area (Å²) in [6.07, 6.45) is -3.06. The molecule has 0 saturated heterocycles. The van der Waals surface area contributed by atoms with E-state index in [-0.39, 0.29) is 0 Å². The van der Waals surface area contributed by atoms with Gasteiger partial charge >= 0.3 is 12.0 Å². The summed E-state index contributed by atoms with van der Waals surface area (Å²) in [4.78, 5) is 9.55. The normalized spacial score (nSPS) is 8.90. The number of nitrogens with zero attached hydrogens (tertiary/aromatic N) is 1. The van der Waals surface area contributed by atoms with Crippen LogP contribution in [0, 0.1) is 0 Å². The third-order valence-electron chi connectivity index (χ3n) is 0.507. The number of carbonyl (C=O) groups excluding carboxylic acids is 1. The van der Waals surface area contributed by atoms with E-state index in [0.717, 1.165) is 0 Å². The fraction of sp³-hybridized carbons (Fsp3) is 0. The van der Waals surface area contributed by atoms with Crippen LogP contribution in [0.4, 0.5) is 22.1 Å². The standard InChI is InChI=1S/C3F5NO/c4-1(2(5)6)3(10)9(7)8. The molecule has 0 rings (SSSR count). The zero-order valence-electron chi connectivity index (χ0n) is 4.25. The van der Waals surface area contributed by atoms with Crippen LogP contribution in [0.2, 0.25) is 0 Å². The fourth-order valence-corrected chi connectivity index (χ4v) is 0.155. The molecule has 2 nitrogen and oxygen atoms in total. The van der Waals surface area contributed by atoms with Crippen molar-refractivity contribution in [2.24, 2.45) is 0 Å². The largest absolute Gasteiger partial charge is 0.348 e. The second-order valence-corrected chi connectivity index (χ2v) is 1.11. The molecule has 58 valence electrons. The molecule has 0 bridgehead atoms. The number of hydrogen-bond acceptors (Lipinski definition) is 1. The minimum atomic E-state index is -3.06. The van der Waals surface area contributed by atoms with Gasteiger partial charge < -0.3 is 0 Å². The Morgan fingerprint density at radius 3 is 1.60 bits per heavy atom. The fourth-order valence-electron chi connectivity index (χ4n) is 0.155. The summed E-state index contributed by atoms with van der Waals surface area (Å²) in [6.45, 7) is 0. The predicted octanol–water partition coefficient (Wildman–Crippen LogP) is 1.66. The lowest BCUT2D eigenvalue weighted by molar-refractivity contribution is -0.184. The number of rotatable bonds is 1. The molecule has 10 heavy (non-hydrogen) atoms.